The van der Waals surface area contributed by atoms with Crippen LogP contribution < -0.4 is 0 Å². The molecule has 0 aliphatic heterocycles. The number of ether oxygens (including phenoxy) is 1. The van der Waals surface area contributed by atoms with Crippen LogP contribution in [0.25, 0.3) is 0 Å². The van der Waals surface area contributed by atoms with Crippen LogP contribution in [0.1, 0.15) is 13.8 Å². The van der Waals surface area contributed by atoms with Crippen molar-refractivity contribution < 1.29 is 9.53 Å². The van der Waals surface area contributed by atoms with Gasteiger partial charge < -0.3 is 4.74 Å². The molecule has 0 spiro atoms. The topological polar surface area (TPSA) is 29.5 Å². The molecule has 0 aromatic carbocycles. The summed E-state index contributed by atoms with van der Waals surface area (Å²) in [7, 11) is 1.90. The van der Waals surface area contributed by atoms with Gasteiger partial charge in [0.2, 0.25) is 0 Å². The summed E-state index contributed by atoms with van der Waals surface area (Å²) in [6.07, 6.45) is 0. The largest absolute Gasteiger partial charge is 0.452 e. The highest BCUT2D eigenvalue weighted by atomic mass is 16.5. The molecule has 0 rings (SSSR count). The summed E-state index contributed by atoms with van der Waals surface area (Å²) in [6, 6.07) is 0.421. The second-order valence-corrected chi connectivity index (χ2v) is 2.24. The summed E-state index contributed by atoms with van der Waals surface area (Å²) in [5.74, 6) is 0. The van der Waals surface area contributed by atoms with E-state index >= 15 is 0 Å². The van der Waals surface area contributed by atoms with Crippen LogP contribution in [0.4, 0.5) is 0 Å². The molecule has 3 heteroatoms. The molecule has 3 nitrogen and oxygen atoms in total. The van der Waals surface area contributed by atoms with Crippen molar-refractivity contribution in [2.24, 2.45) is 0 Å². The number of hydrogen-bond acceptors (Lipinski definition) is 3. The van der Waals surface area contributed by atoms with E-state index in [1.54, 1.807) is 0 Å². The second-order valence-electron chi connectivity index (χ2n) is 2.24. The summed E-state index contributed by atoms with van der Waals surface area (Å²) in [5, 5.41) is 0. The van der Waals surface area contributed by atoms with Gasteiger partial charge in [-0.15, -0.1) is 0 Å². The standard InChI is InChI=1S/C6H13NO2/c1-6(2)7(3)4-9-5-8/h5-6H,4H2,1-3H3. The summed E-state index contributed by atoms with van der Waals surface area (Å²) in [4.78, 5) is 11.6. The zero-order valence-electron chi connectivity index (χ0n) is 6.13. The van der Waals surface area contributed by atoms with E-state index in [4.69, 9.17) is 0 Å². The molecular weight excluding hydrogens is 118 g/mol. The molecule has 0 saturated carbocycles. The molecule has 0 unspecified atom stereocenters. The molecule has 9 heavy (non-hydrogen) atoms. The van der Waals surface area contributed by atoms with Gasteiger partial charge in [-0.2, -0.15) is 0 Å². The first-order chi connectivity index (χ1) is 4.18. The van der Waals surface area contributed by atoms with Crippen LogP contribution in [0, 0.1) is 0 Å². The molecule has 0 amide bonds. The quantitative estimate of drug-likeness (QED) is 0.410. The molecule has 0 fully saturated rings. The fraction of sp³-hybridized carbons (Fsp3) is 0.833. The van der Waals surface area contributed by atoms with Gasteiger partial charge in [0.1, 0.15) is 6.73 Å². The Bertz CT molecular complexity index is 83.1. The molecule has 0 saturated heterocycles. The Morgan fingerprint density at radius 2 is 2.22 bits per heavy atom. The van der Waals surface area contributed by atoms with Gasteiger partial charge in [0, 0.05) is 6.04 Å². The zero-order valence-corrected chi connectivity index (χ0v) is 6.13. The smallest absolute Gasteiger partial charge is 0.294 e. The molecule has 0 heterocycles. The van der Waals surface area contributed by atoms with Gasteiger partial charge in [0.25, 0.3) is 6.47 Å². The van der Waals surface area contributed by atoms with Crippen LogP contribution in [-0.4, -0.2) is 31.2 Å². The second kappa shape index (κ2) is 4.32. The molecule has 0 aromatic heterocycles. The predicted octanol–water partition coefficient (Wildman–Crippen LogP) is 0.457. The summed E-state index contributed by atoms with van der Waals surface area (Å²) in [5.41, 5.74) is 0. The number of rotatable bonds is 4. The Kier molecular flexibility index (Phi) is 4.05. The number of carbonyl (C=O) groups is 1. The van der Waals surface area contributed by atoms with E-state index < -0.39 is 0 Å². The number of hydrogen-bond donors (Lipinski definition) is 0. The van der Waals surface area contributed by atoms with E-state index in [0.29, 0.717) is 19.2 Å². The van der Waals surface area contributed by atoms with E-state index in [0.717, 1.165) is 0 Å². The lowest BCUT2D eigenvalue weighted by Crippen LogP contribution is -2.28. The third kappa shape index (κ3) is 3.97. The van der Waals surface area contributed by atoms with Gasteiger partial charge in [-0.3, -0.25) is 9.69 Å². The average Bonchev–Trinajstić information content (AvgIpc) is 1.82. The van der Waals surface area contributed by atoms with Crippen molar-refractivity contribution in [2.45, 2.75) is 19.9 Å². The summed E-state index contributed by atoms with van der Waals surface area (Å²) in [6.45, 7) is 4.91. The van der Waals surface area contributed by atoms with Crippen LogP contribution in [0.5, 0.6) is 0 Å². The van der Waals surface area contributed by atoms with Crippen molar-refractivity contribution in [3.63, 3.8) is 0 Å². The lowest BCUT2D eigenvalue weighted by atomic mass is 10.4. The maximum absolute atomic E-state index is 9.68. The molecular formula is C6H13NO2. The lowest BCUT2D eigenvalue weighted by molar-refractivity contribution is -0.133. The summed E-state index contributed by atoms with van der Waals surface area (Å²) >= 11 is 0. The van der Waals surface area contributed by atoms with E-state index in [1.807, 2.05) is 25.8 Å². The molecule has 54 valence electrons. The third-order valence-corrected chi connectivity index (χ3v) is 1.23. The molecule has 0 aliphatic rings. The van der Waals surface area contributed by atoms with Gasteiger partial charge in [-0.25, -0.2) is 0 Å². The monoisotopic (exact) mass is 131 g/mol. The van der Waals surface area contributed by atoms with E-state index in [9.17, 15) is 4.79 Å². The van der Waals surface area contributed by atoms with Crippen molar-refractivity contribution in [3.05, 3.63) is 0 Å². The van der Waals surface area contributed by atoms with Crippen LogP contribution in [0.15, 0.2) is 0 Å². The molecule has 0 N–H and O–H groups in total. The highest BCUT2D eigenvalue weighted by molar-refractivity contribution is 5.36. The van der Waals surface area contributed by atoms with Crippen molar-refractivity contribution in [1.82, 2.24) is 4.90 Å². The minimum Gasteiger partial charge on any atom is -0.452 e. The average molecular weight is 131 g/mol. The van der Waals surface area contributed by atoms with Gasteiger partial charge >= 0.3 is 0 Å². The predicted molar refractivity (Wildman–Crippen MR) is 34.9 cm³/mol. The summed E-state index contributed by atoms with van der Waals surface area (Å²) < 4.78 is 4.50. The van der Waals surface area contributed by atoms with Gasteiger partial charge in [0.15, 0.2) is 0 Å². The zero-order chi connectivity index (χ0) is 7.28. The Hall–Kier alpha value is -0.570. The third-order valence-electron chi connectivity index (χ3n) is 1.23. The van der Waals surface area contributed by atoms with Crippen LogP contribution in [0.2, 0.25) is 0 Å². The maximum atomic E-state index is 9.68. The van der Waals surface area contributed by atoms with Crippen LogP contribution >= 0.6 is 0 Å². The highest BCUT2D eigenvalue weighted by Crippen LogP contribution is 1.90. The van der Waals surface area contributed by atoms with Crippen molar-refractivity contribution >= 4 is 6.47 Å². The fourth-order valence-electron chi connectivity index (χ4n) is 0.297. The number of carbonyl (C=O) groups excluding carboxylic acids is 1. The molecule has 0 atom stereocenters. The van der Waals surface area contributed by atoms with Gasteiger partial charge in [-0.05, 0) is 20.9 Å². The van der Waals surface area contributed by atoms with Gasteiger partial charge in [0.05, 0.1) is 0 Å². The number of nitrogens with zero attached hydrogens (tertiary/aromatic N) is 1. The molecule has 0 aromatic rings. The van der Waals surface area contributed by atoms with Crippen LogP contribution in [-0.2, 0) is 9.53 Å². The fourth-order valence-corrected chi connectivity index (χ4v) is 0.297. The van der Waals surface area contributed by atoms with E-state index in [-0.39, 0.29) is 0 Å². The minimum atomic E-state index is 0.376. The molecule has 0 radical (unpaired) electrons. The Balaban J connectivity index is 3.26. The van der Waals surface area contributed by atoms with Crippen molar-refractivity contribution in [3.8, 4) is 0 Å². The van der Waals surface area contributed by atoms with E-state index in [2.05, 4.69) is 4.74 Å². The van der Waals surface area contributed by atoms with Gasteiger partial charge in [-0.1, -0.05) is 0 Å². The van der Waals surface area contributed by atoms with Crippen molar-refractivity contribution in [1.29, 1.82) is 0 Å². The Morgan fingerprint density at radius 1 is 1.67 bits per heavy atom. The lowest BCUT2D eigenvalue weighted by Gasteiger charge is -2.18. The first-order valence-corrected chi connectivity index (χ1v) is 2.94. The Morgan fingerprint density at radius 3 is 2.56 bits per heavy atom. The van der Waals surface area contributed by atoms with Crippen LogP contribution in [0.3, 0.4) is 0 Å². The molecule has 0 aliphatic carbocycles. The highest BCUT2D eigenvalue weighted by Gasteiger charge is 2.00. The van der Waals surface area contributed by atoms with E-state index in [1.165, 1.54) is 0 Å². The maximum Gasteiger partial charge on any atom is 0.294 e. The molecule has 0 bridgehead atoms. The normalized spacial score (nSPS) is 10.3. The van der Waals surface area contributed by atoms with Crippen molar-refractivity contribution in [2.75, 3.05) is 13.8 Å². The Labute approximate surface area is 55.6 Å². The SMILES string of the molecule is CC(C)N(C)COC=O. The first-order valence-electron chi connectivity index (χ1n) is 2.94. The first kappa shape index (κ1) is 8.43. The minimum absolute atomic E-state index is 0.376.